The number of nitrogens with zero attached hydrogens (tertiary/aromatic N) is 4. The highest BCUT2D eigenvalue weighted by Crippen LogP contribution is 2.30. The third-order valence-corrected chi connectivity index (χ3v) is 4.54. The van der Waals surface area contributed by atoms with Crippen LogP contribution in [0.2, 0.25) is 0 Å². The molecule has 5 nitrogen and oxygen atoms in total. The van der Waals surface area contributed by atoms with Crippen LogP contribution in [0.15, 0.2) is 35.6 Å². The van der Waals surface area contributed by atoms with Crippen molar-refractivity contribution < 1.29 is 13.2 Å². The molecule has 2 aromatic rings. The van der Waals surface area contributed by atoms with E-state index in [1.54, 1.807) is 24.0 Å². The molecule has 1 aliphatic rings. The van der Waals surface area contributed by atoms with Crippen molar-refractivity contribution >= 4 is 5.82 Å². The minimum Gasteiger partial charge on any atom is -0.357 e. The van der Waals surface area contributed by atoms with Crippen LogP contribution in [0.4, 0.5) is 19.0 Å². The molecule has 25 heavy (non-hydrogen) atoms. The fourth-order valence-electron chi connectivity index (χ4n) is 3.05. The Kier molecular flexibility index (Phi) is 4.78. The Morgan fingerprint density at radius 3 is 2.52 bits per heavy atom. The molecule has 0 unspecified atom stereocenters. The fourth-order valence-corrected chi connectivity index (χ4v) is 3.05. The van der Waals surface area contributed by atoms with Gasteiger partial charge in [0.05, 0.1) is 11.9 Å². The molecule has 2 aromatic heterocycles. The van der Waals surface area contributed by atoms with E-state index in [9.17, 15) is 18.0 Å². The maximum atomic E-state index is 12.6. The first kappa shape index (κ1) is 17.4. The summed E-state index contributed by atoms with van der Waals surface area (Å²) in [7, 11) is 0. The van der Waals surface area contributed by atoms with E-state index in [0.717, 1.165) is 25.1 Å². The molecule has 8 heteroatoms. The molecule has 0 bridgehead atoms. The van der Waals surface area contributed by atoms with Crippen molar-refractivity contribution in [1.82, 2.24) is 14.5 Å². The minimum atomic E-state index is -4.37. The van der Waals surface area contributed by atoms with E-state index in [4.69, 9.17) is 0 Å². The predicted octanol–water partition coefficient (Wildman–Crippen LogP) is 2.88. The number of rotatable bonds is 3. The second-order valence-corrected chi connectivity index (χ2v) is 6.37. The van der Waals surface area contributed by atoms with Gasteiger partial charge >= 0.3 is 6.18 Å². The topological polar surface area (TPSA) is 51.0 Å². The van der Waals surface area contributed by atoms with Gasteiger partial charge in [-0.3, -0.25) is 9.36 Å². The summed E-state index contributed by atoms with van der Waals surface area (Å²) in [6.07, 6.45) is 1.32. The maximum absolute atomic E-state index is 12.6. The van der Waals surface area contributed by atoms with Gasteiger partial charge in [0.2, 0.25) is 0 Å². The molecule has 0 atom stereocenters. The van der Waals surface area contributed by atoms with E-state index in [2.05, 4.69) is 9.97 Å². The van der Waals surface area contributed by atoms with E-state index in [1.807, 2.05) is 4.90 Å². The number of aryl methyl sites for hydroxylation is 1. The molecular weight excluding hydrogens is 333 g/mol. The van der Waals surface area contributed by atoms with E-state index in [-0.39, 0.29) is 5.56 Å². The summed E-state index contributed by atoms with van der Waals surface area (Å²) in [5.74, 6) is 0.896. The predicted molar refractivity (Wildman–Crippen MR) is 87.4 cm³/mol. The summed E-state index contributed by atoms with van der Waals surface area (Å²) in [5.41, 5.74) is -0.145. The van der Waals surface area contributed by atoms with E-state index < -0.39 is 11.7 Å². The standard InChI is InChI=1S/C17H19F3N4O/c1-12-8-21-11-24(16(12)25)10-13-4-6-23(7-5-13)15-3-2-14(9-22-15)17(18,19)20/h2-3,8-9,11,13H,4-7,10H2,1H3. The molecule has 0 N–H and O–H groups in total. The molecule has 0 saturated carbocycles. The molecule has 3 rings (SSSR count). The Labute approximate surface area is 143 Å². The largest absolute Gasteiger partial charge is 0.417 e. The molecule has 134 valence electrons. The lowest BCUT2D eigenvalue weighted by atomic mass is 9.96. The van der Waals surface area contributed by atoms with E-state index in [1.165, 1.54) is 6.07 Å². The normalized spacial score (nSPS) is 16.2. The van der Waals surface area contributed by atoms with Gasteiger partial charge < -0.3 is 4.90 Å². The molecule has 0 spiro atoms. The number of halogens is 3. The summed E-state index contributed by atoms with van der Waals surface area (Å²) >= 11 is 0. The Morgan fingerprint density at radius 2 is 1.92 bits per heavy atom. The number of hydrogen-bond acceptors (Lipinski definition) is 4. The van der Waals surface area contributed by atoms with Crippen molar-refractivity contribution in [3.05, 3.63) is 52.3 Å². The summed E-state index contributed by atoms with van der Waals surface area (Å²) in [4.78, 5) is 22.0. The van der Waals surface area contributed by atoms with Gasteiger partial charge in [-0.15, -0.1) is 0 Å². The van der Waals surface area contributed by atoms with Crippen LogP contribution in [0.5, 0.6) is 0 Å². The van der Waals surface area contributed by atoms with Crippen molar-refractivity contribution in [3.8, 4) is 0 Å². The molecule has 3 heterocycles. The van der Waals surface area contributed by atoms with Crippen LogP contribution in [-0.4, -0.2) is 27.6 Å². The number of aromatic nitrogens is 3. The van der Waals surface area contributed by atoms with Crippen LogP contribution in [-0.2, 0) is 12.7 Å². The van der Waals surface area contributed by atoms with Crippen LogP contribution in [0.1, 0.15) is 24.0 Å². The highest BCUT2D eigenvalue weighted by molar-refractivity contribution is 5.40. The van der Waals surface area contributed by atoms with Gasteiger partial charge in [-0.1, -0.05) is 0 Å². The second kappa shape index (κ2) is 6.85. The number of anilines is 1. The Morgan fingerprint density at radius 1 is 1.20 bits per heavy atom. The lowest BCUT2D eigenvalue weighted by molar-refractivity contribution is -0.137. The molecular formula is C17H19F3N4O. The number of alkyl halides is 3. The highest BCUT2D eigenvalue weighted by Gasteiger charge is 2.31. The van der Waals surface area contributed by atoms with E-state index >= 15 is 0 Å². The zero-order chi connectivity index (χ0) is 18.0. The lowest BCUT2D eigenvalue weighted by Crippen LogP contribution is -2.37. The first-order chi connectivity index (χ1) is 11.8. The molecule has 1 saturated heterocycles. The third kappa shape index (κ3) is 4.00. The van der Waals surface area contributed by atoms with Crippen molar-refractivity contribution in [2.45, 2.75) is 32.5 Å². The van der Waals surface area contributed by atoms with Gasteiger partial charge in [-0.05, 0) is 37.8 Å². The van der Waals surface area contributed by atoms with Gasteiger partial charge in [-0.25, -0.2) is 9.97 Å². The Bertz CT molecular complexity index is 778. The molecule has 1 aliphatic heterocycles. The summed E-state index contributed by atoms with van der Waals surface area (Å²) in [6, 6.07) is 2.48. The van der Waals surface area contributed by atoms with Gasteiger partial charge in [0, 0.05) is 37.6 Å². The van der Waals surface area contributed by atoms with Gasteiger partial charge in [0.15, 0.2) is 0 Å². The summed E-state index contributed by atoms with van der Waals surface area (Å²) in [6.45, 7) is 3.76. The Balaban J connectivity index is 1.60. The zero-order valence-corrected chi connectivity index (χ0v) is 13.8. The van der Waals surface area contributed by atoms with Crippen LogP contribution < -0.4 is 10.5 Å². The maximum Gasteiger partial charge on any atom is 0.417 e. The molecule has 0 radical (unpaired) electrons. The van der Waals surface area contributed by atoms with E-state index in [0.29, 0.717) is 36.9 Å². The fraction of sp³-hybridized carbons (Fsp3) is 0.471. The Hall–Kier alpha value is -2.38. The highest BCUT2D eigenvalue weighted by atomic mass is 19.4. The van der Waals surface area contributed by atoms with Gasteiger partial charge in [-0.2, -0.15) is 13.2 Å². The second-order valence-electron chi connectivity index (χ2n) is 6.37. The molecule has 0 aliphatic carbocycles. The van der Waals surface area contributed by atoms with Crippen LogP contribution in [0.3, 0.4) is 0 Å². The quantitative estimate of drug-likeness (QED) is 0.852. The number of hydrogen-bond donors (Lipinski definition) is 0. The summed E-state index contributed by atoms with van der Waals surface area (Å²) in [5, 5.41) is 0. The third-order valence-electron chi connectivity index (χ3n) is 4.54. The van der Waals surface area contributed by atoms with Crippen molar-refractivity contribution in [2.24, 2.45) is 5.92 Å². The van der Waals surface area contributed by atoms with Gasteiger partial charge in [0.1, 0.15) is 5.82 Å². The van der Waals surface area contributed by atoms with Crippen molar-refractivity contribution in [1.29, 1.82) is 0 Å². The van der Waals surface area contributed by atoms with Crippen LogP contribution in [0, 0.1) is 12.8 Å². The minimum absolute atomic E-state index is 0.0261. The number of piperidine rings is 1. The smallest absolute Gasteiger partial charge is 0.357 e. The number of pyridine rings is 1. The molecule has 1 fully saturated rings. The SMILES string of the molecule is Cc1cncn(CC2CCN(c3ccc(C(F)(F)F)cn3)CC2)c1=O. The average molecular weight is 352 g/mol. The monoisotopic (exact) mass is 352 g/mol. The van der Waals surface area contributed by atoms with Crippen molar-refractivity contribution in [2.75, 3.05) is 18.0 Å². The molecule has 0 aromatic carbocycles. The molecule has 0 amide bonds. The van der Waals surface area contributed by atoms with Gasteiger partial charge in [0.25, 0.3) is 5.56 Å². The van der Waals surface area contributed by atoms with Crippen molar-refractivity contribution in [3.63, 3.8) is 0 Å². The average Bonchev–Trinajstić information content (AvgIpc) is 2.59. The zero-order valence-electron chi connectivity index (χ0n) is 13.8. The van der Waals surface area contributed by atoms with Crippen LogP contribution >= 0.6 is 0 Å². The lowest BCUT2D eigenvalue weighted by Gasteiger charge is -2.33. The first-order valence-corrected chi connectivity index (χ1v) is 8.14. The van der Waals surface area contributed by atoms with Crippen LogP contribution in [0.25, 0.3) is 0 Å². The summed E-state index contributed by atoms with van der Waals surface area (Å²) < 4.78 is 39.4. The first-order valence-electron chi connectivity index (χ1n) is 8.14.